The molecule has 1 fully saturated rings. The van der Waals surface area contributed by atoms with Crippen LogP contribution in [0, 0.1) is 17.8 Å². The van der Waals surface area contributed by atoms with Crippen LogP contribution in [-0.2, 0) is 13.0 Å². The third kappa shape index (κ3) is 2.43. The number of nitrogens with two attached hydrogens (primary N) is 1. The van der Waals surface area contributed by atoms with Crippen LogP contribution >= 0.6 is 0 Å². The van der Waals surface area contributed by atoms with Crippen LogP contribution in [0.15, 0.2) is 6.07 Å². The van der Waals surface area contributed by atoms with E-state index in [2.05, 4.69) is 31.9 Å². The van der Waals surface area contributed by atoms with Gasteiger partial charge in [-0.3, -0.25) is 4.68 Å². The second kappa shape index (κ2) is 4.91. The molecule has 0 bridgehead atoms. The standard InChI is InChI=1S/C15H27N3O/c1-5-18-12(8-11(2)17-18)9-15(10-16)7-6-14(3,4)13(15)19/h8,13,19H,5-7,9-10,16H2,1-4H3. The van der Waals surface area contributed by atoms with Crippen molar-refractivity contribution in [1.29, 1.82) is 0 Å². The van der Waals surface area contributed by atoms with Gasteiger partial charge in [-0.2, -0.15) is 5.10 Å². The fraction of sp³-hybridized carbons (Fsp3) is 0.800. The average molecular weight is 265 g/mol. The molecule has 0 amide bonds. The number of nitrogens with zero attached hydrogens (tertiary/aromatic N) is 2. The minimum absolute atomic E-state index is 0.0362. The summed E-state index contributed by atoms with van der Waals surface area (Å²) in [6.45, 7) is 9.78. The Morgan fingerprint density at radius 1 is 1.47 bits per heavy atom. The molecule has 1 saturated carbocycles. The minimum Gasteiger partial charge on any atom is -0.392 e. The predicted octanol–water partition coefficient (Wildman–Crippen LogP) is 1.88. The van der Waals surface area contributed by atoms with E-state index in [1.807, 2.05) is 11.6 Å². The third-order valence-corrected chi connectivity index (χ3v) is 4.81. The second-order valence-corrected chi connectivity index (χ2v) is 6.73. The molecular formula is C15H27N3O. The molecule has 1 aromatic heterocycles. The molecule has 0 radical (unpaired) electrons. The van der Waals surface area contributed by atoms with Gasteiger partial charge in [0.1, 0.15) is 0 Å². The first kappa shape index (κ1) is 14.5. The Labute approximate surface area is 116 Å². The lowest BCUT2D eigenvalue weighted by Crippen LogP contribution is -2.44. The van der Waals surface area contributed by atoms with Gasteiger partial charge < -0.3 is 10.8 Å². The summed E-state index contributed by atoms with van der Waals surface area (Å²) in [5.74, 6) is 0. The summed E-state index contributed by atoms with van der Waals surface area (Å²) in [6.07, 6.45) is 2.50. The molecule has 2 rings (SSSR count). The van der Waals surface area contributed by atoms with E-state index in [0.717, 1.165) is 31.5 Å². The first-order valence-corrected chi connectivity index (χ1v) is 7.26. The summed E-state index contributed by atoms with van der Waals surface area (Å²) < 4.78 is 2.03. The van der Waals surface area contributed by atoms with Crippen molar-refractivity contribution in [3.05, 3.63) is 17.5 Å². The van der Waals surface area contributed by atoms with Crippen LogP contribution in [0.4, 0.5) is 0 Å². The Kier molecular flexibility index (Phi) is 3.76. The van der Waals surface area contributed by atoms with Crippen LogP contribution in [0.5, 0.6) is 0 Å². The van der Waals surface area contributed by atoms with Gasteiger partial charge >= 0.3 is 0 Å². The summed E-state index contributed by atoms with van der Waals surface area (Å²) in [6, 6.07) is 2.12. The van der Waals surface area contributed by atoms with Crippen molar-refractivity contribution in [3.8, 4) is 0 Å². The molecule has 1 aliphatic carbocycles. The Balaban J connectivity index is 2.29. The summed E-state index contributed by atoms with van der Waals surface area (Å²) >= 11 is 0. The fourth-order valence-electron chi connectivity index (χ4n) is 3.52. The van der Waals surface area contributed by atoms with Gasteiger partial charge in [0.05, 0.1) is 11.8 Å². The molecule has 3 N–H and O–H groups in total. The maximum Gasteiger partial charge on any atom is 0.0663 e. The van der Waals surface area contributed by atoms with Crippen molar-refractivity contribution in [2.24, 2.45) is 16.6 Å². The lowest BCUT2D eigenvalue weighted by molar-refractivity contribution is -0.00553. The molecule has 0 aromatic carbocycles. The van der Waals surface area contributed by atoms with E-state index in [-0.39, 0.29) is 16.9 Å². The van der Waals surface area contributed by atoms with Crippen LogP contribution in [-0.4, -0.2) is 27.5 Å². The van der Waals surface area contributed by atoms with E-state index in [1.165, 1.54) is 5.69 Å². The number of hydrogen-bond acceptors (Lipinski definition) is 3. The number of hydrogen-bond donors (Lipinski definition) is 2. The number of aryl methyl sites for hydroxylation is 2. The lowest BCUT2D eigenvalue weighted by atomic mass is 9.75. The molecule has 1 heterocycles. The Hall–Kier alpha value is -0.870. The largest absolute Gasteiger partial charge is 0.392 e. The van der Waals surface area contributed by atoms with Crippen molar-refractivity contribution in [2.45, 2.75) is 59.6 Å². The molecular weight excluding hydrogens is 238 g/mol. The SMILES string of the molecule is CCn1nc(C)cc1CC1(CN)CCC(C)(C)C1O. The number of aliphatic hydroxyl groups is 1. The molecule has 2 unspecified atom stereocenters. The monoisotopic (exact) mass is 265 g/mol. The van der Waals surface area contributed by atoms with Crippen LogP contribution in [0.1, 0.15) is 45.0 Å². The molecule has 0 spiro atoms. The fourth-order valence-corrected chi connectivity index (χ4v) is 3.52. The summed E-state index contributed by atoms with van der Waals surface area (Å²) in [7, 11) is 0. The number of aromatic nitrogens is 2. The zero-order chi connectivity index (χ0) is 14.3. The molecule has 1 aromatic rings. The Morgan fingerprint density at radius 3 is 2.63 bits per heavy atom. The van der Waals surface area contributed by atoms with E-state index in [0.29, 0.717) is 6.54 Å². The highest BCUT2D eigenvalue weighted by Gasteiger charge is 2.51. The van der Waals surface area contributed by atoms with Crippen molar-refractivity contribution >= 4 is 0 Å². The van der Waals surface area contributed by atoms with Gasteiger partial charge in [0, 0.05) is 24.2 Å². The molecule has 19 heavy (non-hydrogen) atoms. The normalized spacial score (nSPS) is 29.9. The topological polar surface area (TPSA) is 64.1 Å². The third-order valence-electron chi connectivity index (χ3n) is 4.81. The van der Waals surface area contributed by atoms with Crippen molar-refractivity contribution < 1.29 is 5.11 Å². The molecule has 4 heteroatoms. The zero-order valence-corrected chi connectivity index (χ0v) is 12.6. The number of aliphatic hydroxyl groups excluding tert-OH is 1. The molecule has 2 atom stereocenters. The lowest BCUT2D eigenvalue weighted by Gasteiger charge is -2.36. The van der Waals surface area contributed by atoms with E-state index in [9.17, 15) is 5.11 Å². The highest BCUT2D eigenvalue weighted by molar-refractivity contribution is 5.15. The predicted molar refractivity (Wildman–Crippen MR) is 76.9 cm³/mol. The van der Waals surface area contributed by atoms with Crippen molar-refractivity contribution in [3.63, 3.8) is 0 Å². The molecule has 1 aliphatic rings. The molecule has 4 nitrogen and oxygen atoms in total. The quantitative estimate of drug-likeness (QED) is 0.873. The maximum absolute atomic E-state index is 10.7. The first-order chi connectivity index (χ1) is 8.84. The van der Waals surface area contributed by atoms with Gasteiger partial charge in [-0.1, -0.05) is 13.8 Å². The van der Waals surface area contributed by atoms with Crippen LogP contribution in [0.2, 0.25) is 0 Å². The van der Waals surface area contributed by atoms with Gasteiger partial charge in [0.15, 0.2) is 0 Å². The van der Waals surface area contributed by atoms with Crippen LogP contribution in [0.3, 0.4) is 0 Å². The zero-order valence-electron chi connectivity index (χ0n) is 12.6. The van der Waals surface area contributed by atoms with Crippen LogP contribution in [0.25, 0.3) is 0 Å². The molecule has 0 aliphatic heterocycles. The summed E-state index contributed by atoms with van der Waals surface area (Å²) in [5, 5.41) is 15.2. The molecule has 0 saturated heterocycles. The van der Waals surface area contributed by atoms with Gasteiger partial charge in [0.25, 0.3) is 0 Å². The van der Waals surface area contributed by atoms with E-state index >= 15 is 0 Å². The Morgan fingerprint density at radius 2 is 2.16 bits per heavy atom. The highest BCUT2D eigenvalue weighted by atomic mass is 16.3. The number of rotatable bonds is 4. The van der Waals surface area contributed by atoms with Crippen molar-refractivity contribution in [2.75, 3.05) is 6.54 Å². The van der Waals surface area contributed by atoms with Crippen molar-refractivity contribution in [1.82, 2.24) is 9.78 Å². The van der Waals surface area contributed by atoms with Gasteiger partial charge in [-0.25, -0.2) is 0 Å². The summed E-state index contributed by atoms with van der Waals surface area (Å²) in [4.78, 5) is 0. The highest BCUT2D eigenvalue weighted by Crippen LogP contribution is 2.50. The smallest absolute Gasteiger partial charge is 0.0663 e. The maximum atomic E-state index is 10.7. The van der Waals surface area contributed by atoms with E-state index in [1.54, 1.807) is 0 Å². The van der Waals surface area contributed by atoms with E-state index < -0.39 is 0 Å². The van der Waals surface area contributed by atoms with Gasteiger partial charge in [-0.15, -0.1) is 0 Å². The van der Waals surface area contributed by atoms with Gasteiger partial charge in [0.2, 0.25) is 0 Å². The van der Waals surface area contributed by atoms with Gasteiger partial charge in [-0.05, 0) is 44.6 Å². The minimum atomic E-state index is -0.342. The average Bonchev–Trinajstić information content (AvgIpc) is 2.83. The first-order valence-electron chi connectivity index (χ1n) is 7.26. The van der Waals surface area contributed by atoms with Crippen LogP contribution < -0.4 is 5.73 Å². The Bertz CT molecular complexity index is 452. The van der Waals surface area contributed by atoms with E-state index in [4.69, 9.17) is 5.73 Å². The molecule has 108 valence electrons. The second-order valence-electron chi connectivity index (χ2n) is 6.73. The summed E-state index contributed by atoms with van der Waals surface area (Å²) in [5.41, 5.74) is 8.04.